The third kappa shape index (κ3) is 1.97. The van der Waals surface area contributed by atoms with E-state index in [1.165, 1.54) is 11.3 Å². The van der Waals surface area contributed by atoms with E-state index in [-0.39, 0.29) is 0 Å². The molecule has 0 saturated heterocycles. The van der Waals surface area contributed by atoms with Gasteiger partial charge in [-0.05, 0) is 30.0 Å². The molecule has 4 nitrogen and oxygen atoms in total. The molecule has 3 aromatic rings. The first-order valence-corrected chi connectivity index (χ1v) is 7.39. The molecule has 21 heavy (non-hydrogen) atoms. The van der Waals surface area contributed by atoms with E-state index in [2.05, 4.69) is 0 Å². The Morgan fingerprint density at radius 1 is 1.24 bits per heavy atom. The average molecular weight is 298 g/mol. The zero-order chi connectivity index (χ0) is 15.1. The molecule has 0 aliphatic rings. The smallest absolute Gasteiger partial charge is 0.255 e. The van der Waals surface area contributed by atoms with E-state index >= 15 is 0 Å². The third-order valence-corrected chi connectivity index (χ3v) is 4.52. The zero-order valence-corrected chi connectivity index (χ0v) is 12.5. The van der Waals surface area contributed by atoms with E-state index in [0.29, 0.717) is 17.0 Å². The van der Waals surface area contributed by atoms with Crippen LogP contribution in [0.4, 0.5) is 0 Å². The van der Waals surface area contributed by atoms with Crippen LogP contribution in [-0.4, -0.2) is 5.91 Å². The van der Waals surface area contributed by atoms with Crippen LogP contribution in [0.1, 0.15) is 21.6 Å². The number of amides is 1. The second kappa shape index (κ2) is 4.86. The lowest BCUT2D eigenvalue weighted by molar-refractivity contribution is -0.599. The molecule has 0 aliphatic carbocycles. The van der Waals surface area contributed by atoms with Crippen molar-refractivity contribution in [2.75, 3.05) is 0 Å². The second-order valence-corrected chi connectivity index (χ2v) is 5.89. The Hall–Kier alpha value is -2.40. The number of carbonyl (C=O) groups is 1. The van der Waals surface area contributed by atoms with Gasteiger partial charge in [0.15, 0.2) is 0 Å². The number of nitrogens with two attached hydrogens (primary N) is 1. The number of hydrogen-bond acceptors (Lipinski definition) is 3. The molecule has 0 fully saturated rings. The molecule has 0 unspecified atom stereocenters. The summed E-state index contributed by atoms with van der Waals surface area (Å²) in [4.78, 5) is 12.7. The Morgan fingerprint density at radius 2 is 2.00 bits per heavy atom. The number of pyridine rings is 1. The van der Waals surface area contributed by atoms with Crippen molar-refractivity contribution in [3.05, 3.63) is 57.7 Å². The van der Waals surface area contributed by atoms with Crippen LogP contribution >= 0.6 is 11.3 Å². The van der Waals surface area contributed by atoms with Crippen molar-refractivity contribution < 1.29 is 9.52 Å². The molecule has 2 N–H and O–H groups in total. The largest absolute Gasteiger partial charge is 0.618 e. The first kappa shape index (κ1) is 13.6. The molecule has 0 saturated carbocycles. The number of nitrogens with zero attached hydrogens (tertiary/aromatic N) is 1. The lowest BCUT2D eigenvalue weighted by atomic mass is 9.97. The SMILES string of the molecule is Cc1cccc2c(-c3cccs3)[n+]([O-])c(C)c(C(N)=O)c12. The van der Waals surface area contributed by atoms with Crippen LogP contribution in [-0.2, 0) is 0 Å². The fraction of sp³-hybridized carbons (Fsp3) is 0.125. The molecule has 1 aromatic carbocycles. The quantitative estimate of drug-likeness (QED) is 0.583. The number of fused-ring (bicyclic) bond motifs is 1. The molecule has 2 heterocycles. The van der Waals surface area contributed by atoms with Gasteiger partial charge in [-0.2, -0.15) is 4.73 Å². The highest BCUT2D eigenvalue weighted by Crippen LogP contribution is 2.33. The summed E-state index contributed by atoms with van der Waals surface area (Å²) < 4.78 is 0.813. The van der Waals surface area contributed by atoms with Gasteiger partial charge < -0.3 is 10.9 Å². The Kier molecular flexibility index (Phi) is 3.14. The number of carbonyl (C=O) groups excluding carboxylic acids is 1. The lowest BCUT2D eigenvalue weighted by Crippen LogP contribution is -2.36. The molecule has 0 aliphatic heterocycles. The number of primary amides is 1. The highest BCUT2D eigenvalue weighted by Gasteiger charge is 2.26. The summed E-state index contributed by atoms with van der Waals surface area (Å²) in [6.07, 6.45) is 0. The van der Waals surface area contributed by atoms with Gasteiger partial charge in [-0.1, -0.05) is 18.2 Å². The Labute approximate surface area is 126 Å². The molecule has 3 rings (SSSR count). The first-order chi connectivity index (χ1) is 10.0. The maximum absolute atomic E-state index is 12.6. The van der Waals surface area contributed by atoms with E-state index < -0.39 is 5.91 Å². The molecule has 0 radical (unpaired) electrons. The predicted molar refractivity (Wildman–Crippen MR) is 84.2 cm³/mol. The maximum atomic E-state index is 12.6. The van der Waals surface area contributed by atoms with Crippen molar-refractivity contribution in [3.63, 3.8) is 0 Å². The summed E-state index contributed by atoms with van der Waals surface area (Å²) in [7, 11) is 0. The van der Waals surface area contributed by atoms with Crippen molar-refractivity contribution in [1.82, 2.24) is 0 Å². The molecule has 0 bridgehead atoms. The summed E-state index contributed by atoms with van der Waals surface area (Å²) in [5.74, 6) is -0.575. The average Bonchev–Trinajstić information content (AvgIpc) is 2.94. The van der Waals surface area contributed by atoms with Crippen molar-refractivity contribution in [2.24, 2.45) is 5.73 Å². The monoisotopic (exact) mass is 298 g/mol. The molecule has 1 amide bonds. The van der Waals surface area contributed by atoms with Crippen molar-refractivity contribution in [1.29, 1.82) is 0 Å². The second-order valence-electron chi connectivity index (χ2n) is 4.94. The zero-order valence-electron chi connectivity index (χ0n) is 11.7. The van der Waals surface area contributed by atoms with Gasteiger partial charge in [-0.3, -0.25) is 4.79 Å². The topological polar surface area (TPSA) is 70.0 Å². The van der Waals surface area contributed by atoms with Gasteiger partial charge in [-0.25, -0.2) is 0 Å². The summed E-state index contributed by atoms with van der Waals surface area (Å²) >= 11 is 1.50. The van der Waals surface area contributed by atoms with Gasteiger partial charge in [0.2, 0.25) is 11.4 Å². The van der Waals surface area contributed by atoms with E-state index in [9.17, 15) is 10.0 Å². The van der Waals surface area contributed by atoms with Crippen LogP contribution in [0.5, 0.6) is 0 Å². The Balaban J connectivity index is 2.57. The first-order valence-electron chi connectivity index (χ1n) is 6.51. The highest BCUT2D eigenvalue weighted by molar-refractivity contribution is 7.13. The van der Waals surface area contributed by atoms with Gasteiger partial charge in [0.25, 0.3) is 5.91 Å². The molecule has 0 spiro atoms. The summed E-state index contributed by atoms with van der Waals surface area (Å²) in [6.45, 7) is 3.55. The number of hydrogen-bond donors (Lipinski definition) is 1. The van der Waals surface area contributed by atoms with Crippen LogP contribution in [0.3, 0.4) is 0 Å². The van der Waals surface area contributed by atoms with Crippen LogP contribution in [0.15, 0.2) is 35.7 Å². The van der Waals surface area contributed by atoms with Crippen LogP contribution in [0.2, 0.25) is 0 Å². The fourth-order valence-corrected chi connectivity index (χ4v) is 3.47. The van der Waals surface area contributed by atoms with Gasteiger partial charge in [-0.15, -0.1) is 11.3 Å². The minimum atomic E-state index is -0.575. The van der Waals surface area contributed by atoms with Gasteiger partial charge in [0.05, 0.1) is 5.39 Å². The third-order valence-electron chi connectivity index (χ3n) is 3.65. The van der Waals surface area contributed by atoms with Gasteiger partial charge >= 0.3 is 0 Å². The minimum absolute atomic E-state index is 0.304. The highest BCUT2D eigenvalue weighted by atomic mass is 32.1. The molecule has 2 aromatic heterocycles. The number of aromatic nitrogens is 1. The van der Waals surface area contributed by atoms with Crippen LogP contribution in [0, 0.1) is 19.1 Å². The van der Waals surface area contributed by atoms with Gasteiger partial charge in [0.1, 0.15) is 10.4 Å². The van der Waals surface area contributed by atoms with Crippen molar-refractivity contribution in [3.8, 4) is 10.6 Å². The van der Waals surface area contributed by atoms with Crippen molar-refractivity contribution >= 4 is 28.0 Å². The van der Waals surface area contributed by atoms with Crippen molar-refractivity contribution in [2.45, 2.75) is 13.8 Å². The normalized spacial score (nSPS) is 11.0. The van der Waals surface area contributed by atoms with Crippen LogP contribution in [0.25, 0.3) is 21.3 Å². The number of thiophene rings is 1. The lowest BCUT2D eigenvalue weighted by Gasteiger charge is -2.14. The van der Waals surface area contributed by atoms with E-state index in [0.717, 1.165) is 25.9 Å². The molecule has 5 heteroatoms. The maximum Gasteiger partial charge on any atom is 0.255 e. The molecular formula is C16H14N2O2S. The number of rotatable bonds is 2. The summed E-state index contributed by atoms with van der Waals surface area (Å²) in [6, 6.07) is 9.46. The molecule has 106 valence electrons. The number of benzene rings is 1. The predicted octanol–water partition coefficient (Wildman–Crippen LogP) is 2.92. The fourth-order valence-electron chi connectivity index (χ4n) is 2.70. The molecular weight excluding hydrogens is 284 g/mol. The number of aryl methyl sites for hydroxylation is 1. The summed E-state index contributed by atoms with van der Waals surface area (Å²) in [5.41, 5.74) is 7.65. The van der Waals surface area contributed by atoms with E-state index in [1.54, 1.807) is 6.92 Å². The Bertz CT molecular complexity index is 855. The molecule has 0 atom stereocenters. The van der Waals surface area contributed by atoms with E-state index in [4.69, 9.17) is 5.73 Å². The summed E-state index contributed by atoms with van der Waals surface area (Å²) in [5, 5.41) is 16.1. The van der Waals surface area contributed by atoms with Gasteiger partial charge in [0, 0.05) is 12.3 Å². The standard InChI is InChI=1S/C16H14N2O2S/c1-9-5-3-6-11-13(9)14(16(17)19)10(2)18(20)15(11)12-7-4-8-21-12/h3-8H,1-2H3,(H2,17,19). The van der Waals surface area contributed by atoms with E-state index in [1.807, 2.05) is 42.6 Å². The van der Waals surface area contributed by atoms with Crippen LogP contribution < -0.4 is 10.5 Å². The Morgan fingerprint density at radius 3 is 2.62 bits per heavy atom. The minimum Gasteiger partial charge on any atom is -0.618 e.